The Balaban J connectivity index is 0.000000330. The molecule has 0 atom stereocenters. The molecule has 0 fully saturated rings. The van der Waals surface area contributed by atoms with Gasteiger partial charge in [0.1, 0.15) is 16.2 Å². The molecule has 0 spiro atoms. The van der Waals surface area contributed by atoms with Gasteiger partial charge in [0.15, 0.2) is 5.78 Å². The van der Waals surface area contributed by atoms with Crippen LogP contribution in [0.25, 0.3) is 54.3 Å². The molecule has 6 aromatic rings. The van der Waals surface area contributed by atoms with Gasteiger partial charge in [0.2, 0.25) is 0 Å². The molecule has 56 heavy (non-hydrogen) atoms. The van der Waals surface area contributed by atoms with Crippen LogP contribution in [-0.4, -0.2) is 15.9 Å². The Kier molecular flexibility index (Phi) is 14.4. The summed E-state index contributed by atoms with van der Waals surface area (Å²) in [6.45, 7) is 27.8. The van der Waals surface area contributed by atoms with E-state index >= 15 is 0 Å². The first-order valence-electron chi connectivity index (χ1n) is 20.2. The van der Waals surface area contributed by atoms with Crippen molar-refractivity contribution in [2.75, 3.05) is 0 Å². The molecule has 301 valence electrons. The third-order valence-electron chi connectivity index (χ3n) is 12.2. The molecule has 3 aromatic heterocycles. The Morgan fingerprint density at radius 2 is 1.54 bits per heavy atom. The number of rotatable bonds is 11. The number of benzene rings is 3. The van der Waals surface area contributed by atoms with E-state index in [1.807, 2.05) is 47.8 Å². The zero-order valence-electron chi connectivity index (χ0n) is 35.9. The number of aliphatic hydroxyl groups is 1. The Morgan fingerprint density at radius 3 is 2.14 bits per heavy atom. The monoisotopic (exact) mass is 949 g/mol. The molecule has 1 radical (unpaired) electrons. The molecule has 0 aliphatic carbocycles. The third-order valence-corrected chi connectivity index (χ3v) is 13.3. The number of aromatic nitrogens is 1. The Labute approximate surface area is 353 Å². The van der Waals surface area contributed by atoms with E-state index in [1.54, 1.807) is 11.3 Å². The van der Waals surface area contributed by atoms with E-state index in [9.17, 15) is 9.90 Å². The van der Waals surface area contributed by atoms with Gasteiger partial charge < -0.3 is 9.52 Å². The van der Waals surface area contributed by atoms with E-state index in [-0.39, 0.29) is 47.9 Å². The summed E-state index contributed by atoms with van der Waals surface area (Å²) in [6.07, 6.45) is 7.71. The molecule has 3 aromatic carbocycles. The molecule has 1 N–H and O–H groups in total. The van der Waals surface area contributed by atoms with Gasteiger partial charge in [-0.2, -0.15) is 0 Å². The summed E-state index contributed by atoms with van der Waals surface area (Å²) in [5, 5.41) is 15.0. The quantitative estimate of drug-likeness (QED) is 0.0798. The number of allylic oxidation sites excluding steroid dienone is 2. The number of aryl methyl sites for hydroxylation is 2. The largest absolute Gasteiger partial charge is 0.512 e. The fraction of sp³-hybridized carbons (Fsp3) is 0.440. The first kappa shape index (κ1) is 45.1. The van der Waals surface area contributed by atoms with E-state index in [4.69, 9.17) is 9.40 Å². The van der Waals surface area contributed by atoms with Gasteiger partial charge in [0.05, 0.1) is 6.26 Å². The van der Waals surface area contributed by atoms with Gasteiger partial charge in [0, 0.05) is 58.4 Å². The number of carbonyl (C=O) groups is 1. The van der Waals surface area contributed by atoms with Crippen molar-refractivity contribution < 1.29 is 34.4 Å². The van der Waals surface area contributed by atoms with Crippen molar-refractivity contribution in [3.05, 3.63) is 100 Å². The van der Waals surface area contributed by atoms with Crippen LogP contribution in [0.15, 0.2) is 77.1 Å². The second kappa shape index (κ2) is 17.9. The van der Waals surface area contributed by atoms with Gasteiger partial charge in [-0.05, 0) is 85.6 Å². The number of fused-ring (bicyclic) bond motifs is 3. The summed E-state index contributed by atoms with van der Waals surface area (Å²) in [6, 6.07) is 23.5. The minimum Gasteiger partial charge on any atom is -0.512 e. The average Bonchev–Trinajstić information content (AvgIpc) is 3.70. The minimum absolute atomic E-state index is 0. The molecule has 0 saturated heterocycles. The maximum Gasteiger partial charge on any atom is 0.164 e. The van der Waals surface area contributed by atoms with Gasteiger partial charge in [-0.1, -0.05) is 124 Å². The van der Waals surface area contributed by atoms with Crippen molar-refractivity contribution in [1.29, 1.82) is 0 Å². The van der Waals surface area contributed by atoms with E-state index in [1.165, 1.54) is 49.4 Å². The van der Waals surface area contributed by atoms with Crippen molar-refractivity contribution >= 4 is 49.1 Å². The number of thiophene rings is 1. The number of furan rings is 1. The van der Waals surface area contributed by atoms with Gasteiger partial charge in [-0.3, -0.25) is 9.78 Å². The second-order valence-corrected chi connectivity index (χ2v) is 18.6. The van der Waals surface area contributed by atoms with Crippen LogP contribution in [-0.2, 0) is 36.7 Å². The standard InChI is InChI=1S/C35H34NOS.C15H28O2.Ir/c1-20(2)14-26-19-37-32-17-24(12-13-28(26)32)29-18-31(36-34-33(29)21(3)22(4)38-34)25-15-23-10-8-9-11-27(23)30(16-25)35(5,6)7;1-7-14(5,8-2)12(16)11-13(17)15(6,9-3)10-4;/h8-13,16-20H,14H2,1-7H3;11,16H,7-10H2,1-6H3;/q-1;;/b;12-11-;. The summed E-state index contributed by atoms with van der Waals surface area (Å²) >= 11 is 1.78. The number of hydrogen-bond acceptors (Lipinski definition) is 5. The van der Waals surface area contributed by atoms with E-state index in [0.29, 0.717) is 5.92 Å². The summed E-state index contributed by atoms with van der Waals surface area (Å²) in [7, 11) is 0. The zero-order chi connectivity index (χ0) is 40.5. The normalized spacial score (nSPS) is 12.6. The maximum absolute atomic E-state index is 12.2. The van der Waals surface area contributed by atoms with Crippen molar-refractivity contribution in [1.82, 2.24) is 4.98 Å². The Morgan fingerprint density at radius 1 is 0.893 bits per heavy atom. The molecule has 0 bridgehead atoms. The van der Waals surface area contributed by atoms with Crippen LogP contribution in [0.5, 0.6) is 0 Å². The number of nitrogens with zero attached hydrogens (tertiary/aromatic N) is 1. The van der Waals surface area contributed by atoms with Crippen LogP contribution < -0.4 is 0 Å². The third kappa shape index (κ3) is 9.25. The average molecular weight is 949 g/mol. The fourth-order valence-electron chi connectivity index (χ4n) is 7.24. The number of carbonyl (C=O) groups excluding carboxylic acids is 1. The van der Waals surface area contributed by atoms with Crippen molar-refractivity contribution in [3.8, 4) is 22.4 Å². The predicted molar refractivity (Wildman–Crippen MR) is 236 cm³/mol. The van der Waals surface area contributed by atoms with Gasteiger partial charge in [-0.25, -0.2) is 0 Å². The molecule has 0 aliphatic rings. The molecular formula is C50H62IrNO3S-. The fourth-order valence-corrected chi connectivity index (χ4v) is 8.30. The summed E-state index contributed by atoms with van der Waals surface area (Å²) < 4.78 is 6.06. The van der Waals surface area contributed by atoms with Gasteiger partial charge in [0.25, 0.3) is 0 Å². The maximum atomic E-state index is 12.2. The van der Waals surface area contributed by atoms with E-state index in [2.05, 4.69) is 109 Å². The predicted octanol–water partition coefficient (Wildman–Crippen LogP) is 15.1. The molecule has 6 heteroatoms. The molecule has 6 rings (SSSR count). The molecule has 4 nitrogen and oxygen atoms in total. The number of ketones is 1. The summed E-state index contributed by atoms with van der Waals surface area (Å²) in [5.74, 6) is 0.874. The first-order valence-corrected chi connectivity index (χ1v) is 21.0. The minimum atomic E-state index is -0.337. The number of pyridine rings is 1. The Bertz CT molecular complexity index is 2340. The number of hydrogen-bond donors (Lipinski definition) is 1. The summed E-state index contributed by atoms with van der Waals surface area (Å²) in [4.78, 5) is 19.8. The second-order valence-electron chi connectivity index (χ2n) is 17.4. The van der Waals surface area contributed by atoms with Crippen LogP contribution >= 0.6 is 11.3 Å². The van der Waals surface area contributed by atoms with Crippen molar-refractivity contribution in [2.24, 2.45) is 16.7 Å². The first-order chi connectivity index (χ1) is 25.9. The van der Waals surface area contributed by atoms with Crippen LogP contribution in [0.2, 0.25) is 0 Å². The van der Waals surface area contributed by atoms with Crippen LogP contribution in [0.1, 0.15) is 123 Å². The molecule has 0 unspecified atom stereocenters. The van der Waals surface area contributed by atoms with Crippen molar-refractivity contribution in [2.45, 2.75) is 128 Å². The topological polar surface area (TPSA) is 63.3 Å². The van der Waals surface area contributed by atoms with Crippen LogP contribution in [0.3, 0.4) is 0 Å². The van der Waals surface area contributed by atoms with Crippen molar-refractivity contribution in [3.63, 3.8) is 0 Å². The Hall–Kier alpha value is -3.57. The zero-order valence-corrected chi connectivity index (χ0v) is 39.1. The summed E-state index contributed by atoms with van der Waals surface area (Å²) in [5.41, 5.74) is 8.62. The molecule has 3 heterocycles. The number of aliphatic hydroxyl groups excluding tert-OH is 1. The van der Waals surface area contributed by atoms with E-state index in [0.717, 1.165) is 64.7 Å². The SMILES string of the molecule is CCC(C)(CC)C(=O)/C=C(\O)C(C)(CC)CC.Cc1sc2nc(-c3[c-]c4ccccc4c(C(C)(C)C)c3)cc(-c3ccc4c(CC(C)C)coc4c3)c2c1C.[Ir]. The molecular weight excluding hydrogens is 887 g/mol. The molecule has 0 aliphatic heterocycles. The van der Waals surface area contributed by atoms with Crippen LogP contribution in [0.4, 0.5) is 0 Å². The van der Waals surface area contributed by atoms with E-state index < -0.39 is 0 Å². The molecule has 0 amide bonds. The smallest absolute Gasteiger partial charge is 0.164 e. The van der Waals surface area contributed by atoms with Crippen LogP contribution in [0, 0.1) is 36.7 Å². The van der Waals surface area contributed by atoms with Gasteiger partial charge in [-0.15, -0.1) is 40.5 Å². The van der Waals surface area contributed by atoms with Gasteiger partial charge >= 0.3 is 0 Å². The molecule has 0 saturated carbocycles.